The quantitative estimate of drug-likeness (QED) is 0.756. The standard InChI is InChI=1S/C17H26O3/c1-13-9-10-14(17(2,3)4)15(12-13)20-11-7-5-6-8-16(18)19/h9-10,12H,5-8,11H2,1-4H3,(H,18,19). The minimum atomic E-state index is -0.723. The van der Waals surface area contributed by atoms with Gasteiger partial charge >= 0.3 is 5.97 Å². The Hall–Kier alpha value is -1.51. The van der Waals surface area contributed by atoms with Crippen molar-refractivity contribution in [2.24, 2.45) is 0 Å². The summed E-state index contributed by atoms with van der Waals surface area (Å²) >= 11 is 0. The molecule has 3 nitrogen and oxygen atoms in total. The van der Waals surface area contributed by atoms with Crippen LogP contribution in [0, 0.1) is 6.92 Å². The van der Waals surface area contributed by atoms with Gasteiger partial charge in [0, 0.05) is 6.42 Å². The number of carbonyl (C=O) groups is 1. The third kappa shape index (κ3) is 5.64. The van der Waals surface area contributed by atoms with Crippen molar-refractivity contribution in [3.05, 3.63) is 29.3 Å². The van der Waals surface area contributed by atoms with Gasteiger partial charge in [0.2, 0.25) is 0 Å². The summed E-state index contributed by atoms with van der Waals surface area (Å²) in [6.07, 6.45) is 2.75. The van der Waals surface area contributed by atoms with Gasteiger partial charge in [-0.1, -0.05) is 32.9 Å². The number of carboxylic acids is 1. The highest BCUT2D eigenvalue weighted by atomic mass is 16.5. The second-order valence-corrected chi connectivity index (χ2v) is 6.30. The normalized spacial score (nSPS) is 11.4. The van der Waals surface area contributed by atoms with Crippen LogP contribution in [0.5, 0.6) is 5.75 Å². The number of aliphatic carboxylic acids is 1. The fraction of sp³-hybridized carbons (Fsp3) is 0.588. The molecule has 0 unspecified atom stereocenters. The topological polar surface area (TPSA) is 46.5 Å². The molecule has 1 aromatic carbocycles. The van der Waals surface area contributed by atoms with E-state index in [1.807, 2.05) is 0 Å². The maximum atomic E-state index is 10.4. The second kappa shape index (κ2) is 7.32. The largest absolute Gasteiger partial charge is 0.493 e. The van der Waals surface area contributed by atoms with Crippen molar-refractivity contribution in [1.29, 1.82) is 0 Å². The summed E-state index contributed by atoms with van der Waals surface area (Å²) < 4.78 is 5.90. The average Bonchev–Trinajstić information content (AvgIpc) is 2.31. The molecule has 0 amide bonds. The minimum Gasteiger partial charge on any atom is -0.493 e. The van der Waals surface area contributed by atoms with Crippen LogP contribution in [0.3, 0.4) is 0 Å². The predicted octanol–water partition coefficient (Wildman–Crippen LogP) is 4.32. The van der Waals surface area contributed by atoms with E-state index in [-0.39, 0.29) is 11.8 Å². The highest BCUT2D eigenvalue weighted by molar-refractivity contribution is 5.66. The Morgan fingerprint density at radius 3 is 2.50 bits per heavy atom. The molecule has 0 bridgehead atoms. The number of hydrogen-bond donors (Lipinski definition) is 1. The smallest absolute Gasteiger partial charge is 0.303 e. The van der Waals surface area contributed by atoms with Crippen molar-refractivity contribution in [3.8, 4) is 5.75 Å². The molecule has 0 aliphatic heterocycles. The molecule has 112 valence electrons. The molecule has 1 N–H and O–H groups in total. The van der Waals surface area contributed by atoms with Crippen LogP contribution in [0.1, 0.15) is 57.6 Å². The Bertz CT molecular complexity index is 444. The van der Waals surface area contributed by atoms with Gasteiger partial charge in [-0.05, 0) is 48.8 Å². The zero-order valence-corrected chi connectivity index (χ0v) is 13.0. The van der Waals surface area contributed by atoms with E-state index >= 15 is 0 Å². The van der Waals surface area contributed by atoms with Crippen LogP contribution in [-0.2, 0) is 10.2 Å². The summed E-state index contributed by atoms with van der Waals surface area (Å²) in [6, 6.07) is 6.33. The molecule has 1 aromatic rings. The van der Waals surface area contributed by atoms with Crippen LogP contribution in [0.25, 0.3) is 0 Å². The predicted molar refractivity (Wildman–Crippen MR) is 81.5 cm³/mol. The molecular formula is C17H26O3. The van der Waals surface area contributed by atoms with E-state index in [4.69, 9.17) is 9.84 Å². The average molecular weight is 278 g/mol. The number of benzene rings is 1. The number of unbranched alkanes of at least 4 members (excludes halogenated alkanes) is 2. The van der Waals surface area contributed by atoms with Gasteiger partial charge in [0.15, 0.2) is 0 Å². The maximum Gasteiger partial charge on any atom is 0.303 e. The minimum absolute atomic E-state index is 0.0618. The molecule has 3 heteroatoms. The first kappa shape index (κ1) is 16.5. The van der Waals surface area contributed by atoms with Crippen molar-refractivity contribution >= 4 is 5.97 Å². The van der Waals surface area contributed by atoms with Gasteiger partial charge in [-0.3, -0.25) is 4.79 Å². The molecule has 1 rings (SSSR count). The van der Waals surface area contributed by atoms with Gasteiger partial charge in [0.25, 0.3) is 0 Å². The zero-order valence-electron chi connectivity index (χ0n) is 13.0. The van der Waals surface area contributed by atoms with Gasteiger partial charge < -0.3 is 9.84 Å². The lowest BCUT2D eigenvalue weighted by molar-refractivity contribution is -0.137. The van der Waals surface area contributed by atoms with Gasteiger partial charge in [-0.15, -0.1) is 0 Å². The van der Waals surface area contributed by atoms with Crippen molar-refractivity contribution < 1.29 is 14.6 Å². The third-order valence-corrected chi connectivity index (χ3v) is 3.24. The first-order valence-corrected chi connectivity index (χ1v) is 7.26. The number of rotatable bonds is 7. The Morgan fingerprint density at radius 2 is 1.90 bits per heavy atom. The van der Waals surface area contributed by atoms with Gasteiger partial charge in [0.05, 0.1) is 6.61 Å². The second-order valence-electron chi connectivity index (χ2n) is 6.30. The third-order valence-electron chi connectivity index (χ3n) is 3.24. The van der Waals surface area contributed by atoms with Crippen LogP contribution in [-0.4, -0.2) is 17.7 Å². The summed E-state index contributed by atoms with van der Waals surface area (Å²) in [7, 11) is 0. The monoisotopic (exact) mass is 278 g/mol. The Balaban J connectivity index is 2.51. The lowest BCUT2D eigenvalue weighted by Crippen LogP contribution is -2.14. The Labute approximate surface area is 122 Å². The van der Waals surface area contributed by atoms with E-state index in [2.05, 4.69) is 45.9 Å². The maximum absolute atomic E-state index is 10.4. The van der Waals surface area contributed by atoms with Crippen LogP contribution >= 0.6 is 0 Å². The van der Waals surface area contributed by atoms with Gasteiger partial charge in [-0.25, -0.2) is 0 Å². The van der Waals surface area contributed by atoms with Crippen molar-refractivity contribution in [1.82, 2.24) is 0 Å². The van der Waals surface area contributed by atoms with E-state index in [0.717, 1.165) is 25.0 Å². The first-order valence-electron chi connectivity index (χ1n) is 7.26. The summed E-state index contributed by atoms with van der Waals surface area (Å²) in [6.45, 7) is 9.24. The zero-order chi connectivity index (χ0) is 15.2. The molecule has 20 heavy (non-hydrogen) atoms. The van der Waals surface area contributed by atoms with Crippen LogP contribution in [0.4, 0.5) is 0 Å². The van der Waals surface area contributed by atoms with Crippen LogP contribution in [0.2, 0.25) is 0 Å². The highest BCUT2D eigenvalue weighted by Crippen LogP contribution is 2.32. The molecule has 0 atom stereocenters. The Kier molecular flexibility index (Phi) is 6.05. The fourth-order valence-electron chi connectivity index (χ4n) is 2.11. The summed E-state index contributed by atoms with van der Waals surface area (Å²) in [5.74, 6) is 0.232. The van der Waals surface area contributed by atoms with E-state index in [0.29, 0.717) is 6.61 Å². The number of aryl methyl sites for hydroxylation is 1. The molecule has 0 spiro atoms. The highest BCUT2D eigenvalue weighted by Gasteiger charge is 2.18. The molecule has 0 fully saturated rings. The summed E-state index contributed by atoms with van der Waals surface area (Å²) in [5, 5.41) is 8.57. The van der Waals surface area contributed by atoms with E-state index in [1.165, 1.54) is 11.1 Å². The van der Waals surface area contributed by atoms with Crippen molar-refractivity contribution in [3.63, 3.8) is 0 Å². The lowest BCUT2D eigenvalue weighted by Gasteiger charge is -2.23. The SMILES string of the molecule is Cc1ccc(C(C)(C)C)c(OCCCCCC(=O)O)c1. The molecule has 0 saturated heterocycles. The van der Waals surface area contributed by atoms with E-state index in [9.17, 15) is 4.79 Å². The molecular weight excluding hydrogens is 252 g/mol. The number of hydrogen-bond acceptors (Lipinski definition) is 2. The molecule has 0 aliphatic rings. The van der Waals surface area contributed by atoms with Gasteiger partial charge in [0.1, 0.15) is 5.75 Å². The van der Waals surface area contributed by atoms with Crippen molar-refractivity contribution in [2.75, 3.05) is 6.61 Å². The van der Waals surface area contributed by atoms with Crippen molar-refractivity contribution in [2.45, 2.75) is 58.8 Å². The first-order chi connectivity index (χ1) is 9.30. The number of ether oxygens (including phenoxy) is 1. The molecule has 0 radical (unpaired) electrons. The molecule has 0 aliphatic carbocycles. The summed E-state index contributed by atoms with van der Waals surface area (Å²) in [5.41, 5.74) is 2.47. The van der Waals surface area contributed by atoms with E-state index in [1.54, 1.807) is 0 Å². The molecule has 0 heterocycles. The Morgan fingerprint density at radius 1 is 1.20 bits per heavy atom. The lowest BCUT2D eigenvalue weighted by atomic mass is 9.86. The number of carboxylic acid groups (broad SMARTS) is 1. The van der Waals surface area contributed by atoms with Gasteiger partial charge in [-0.2, -0.15) is 0 Å². The van der Waals surface area contributed by atoms with E-state index < -0.39 is 5.97 Å². The molecule has 0 aromatic heterocycles. The summed E-state index contributed by atoms with van der Waals surface area (Å²) in [4.78, 5) is 10.4. The fourth-order valence-corrected chi connectivity index (χ4v) is 2.11. The molecule has 0 saturated carbocycles. The van der Waals surface area contributed by atoms with Crippen LogP contribution < -0.4 is 4.74 Å². The van der Waals surface area contributed by atoms with Crippen LogP contribution in [0.15, 0.2) is 18.2 Å².